The van der Waals surface area contributed by atoms with Crippen LogP contribution in [0.25, 0.3) is 0 Å². The summed E-state index contributed by atoms with van der Waals surface area (Å²) < 4.78 is 0. The molecule has 110 valence electrons. The molecule has 0 amide bonds. The summed E-state index contributed by atoms with van der Waals surface area (Å²) in [6, 6.07) is 21.3. The predicted molar refractivity (Wildman–Crippen MR) is 97.9 cm³/mol. The fourth-order valence-electron chi connectivity index (χ4n) is 2.41. The number of guanidine groups is 1. The standard InChI is InChI=1S/C17H19N3.HI/c1-3-7-14(8-4-1)13-19-17-18-12-11-16(20-17)15-9-5-2-6-10-15;/h1-10,16H,11-13H2,(H2,18,19,20);1H. The van der Waals surface area contributed by atoms with Gasteiger partial charge in [0.15, 0.2) is 5.96 Å². The lowest BCUT2D eigenvalue weighted by atomic mass is 10.0. The summed E-state index contributed by atoms with van der Waals surface area (Å²) in [6.07, 6.45) is 1.04. The SMILES string of the molecule is I.c1ccc(CNC2=NCCC(c3ccccc3)N2)cc1. The van der Waals surface area contributed by atoms with Crippen LogP contribution in [0.4, 0.5) is 0 Å². The van der Waals surface area contributed by atoms with Crippen molar-refractivity contribution < 1.29 is 0 Å². The quantitative estimate of drug-likeness (QED) is 0.784. The lowest BCUT2D eigenvalue weighted by Crippen LogP contribution is -2.42. The molecule has 2 aromatic rings. The lowest BCUT2D eigenvalue weighted by molar-refractivity contribution is 0.555. The number of aliphatic imine (C=N–C) groups is 1. The minimum atomic E-state index is 0. The Bertz CT molecular complexity index is 569. The molecule has 0 aromatic heterocycles. The Morgan fingerprint density at radius 1 is 1.00 bits per heavy atom. The molecule has 0 saturated heterocycles. The smallest absolute Gasteiger partial charge is 0.192 e. The summed E-state index contributed by atoms with van der Waals surface area (Å²) in [5.41, 5.74) is 2.58. The van der Waals surface area contributed by atoms with Crippen molar-refractivity contribution in [2.45, 2.75) is 19.0 Å². The molecule has 4 heteroatoms. The number of benzene rings is 2. The zero-order chi connectivity index (χ0) is 13.6. The van der Waals surface area contributed by atoms with Crippen LogP contribution in [-0.4, -0.2) is 12.5 Å². The third-order valence-corrected chi connectivity index (χ3v) is 3.50. The first-order chi connectivity index (χ1) is 9.92. The van der Waals surface area contributed by atoms with Gasteiger partial charge in [-0.05, 0) is 17.5 Å². The molecule has 1 aliphatic rings. The molecule has 2 aromatic carbocycles. The van der Waals surface area contributed by atoms with Gasteiger partial charge in [-0.15, -0.1) is 24.0 Å². The summed E-state index contributed by atoms with van der Waals surface area (Å²) >= 11 is 0. The summed E-state index contributed by atoms with van der Waals surface area (Å²) in [4.78, 5) is 4.51. The van der Waals surface area contributed by atoms with Crippen LogP contribution in [0.3, 0.4) is 0 Å². The van der Waals surface area contributed by atoms with Crippen molar-refractivity contribution in [2.24, 2.45) is 4.99 Å². The average molecular weight is 393 g/mol. The van der Waals surface area contributed by atoms with Gasteiger partial charge in [-0.3, -0.25) is 4.99 Å². The molecule has 1 unspecified atom stereocenters. The lowest BCUT2D eigenvalue weighted by Gasteiger charge is -2.25. The van der Waals surface area contributed by atoms with Gasteiger partial charge in [-0.1, -0.05) is 60.7 Å². The fourth-order valence-corrected chi connectivity index (χ4v) is 2.41. The van der Waals surface area contributed by atoms with E-state index in [1.165, 1.54) is 11.1 Å². The van der Waals surface area contributed by atoms with Crippen LogP contribution >= 0.6 is 24.0 Å². The first kappa shape index (κ1) is 15.8. The van der Waals surface area contributed by atoms with Gasteiger partial charge in [0.1, 0.15) is 0 Å². The summed E-state index contributed by atoms with van der Waals surface area (Å²) in [5.74, 6) is 0.897. The second kappa shape index (κ2) is 8.02. The highest BCUT2D eigenvalue weighted by Crippen LogP contribution is 2.18. The topological polar surface area (TPSA) is 36.4 Å². The molecule has 0 fully saturated rings. The highest BCUT2D eigenvalue weighted by atomic mass is 127. The molecule has 0 spiro atoms. The summed E-state index contributed by atoms with van der Waals surface area (Å²) in [7, 11) is 0. The Balaban J connectivity index is 0.00000161. The van der Waals surface area contributed by atoms with Crippen molar-refractivity contribution in [2.75, 3.05) is 6.54 Å². The average Bonchev–Trinajstić information content (AvgIpc) is 2.55. The zero-order valence-corrected chi connectivity index (χ0v) is 14.2. The van der Waals surface area contributed by atoms with E-state index in [2.05, 4.69) is 70.2 Å². The minimum Gasteiger partial charge on any atom is -0.352 e. The van der Waals surface area contributed by atoms with E-state index < -0.39 is 0 Å². The first-order valence-corrected chi connectivity index (χ1v) is 7.05. The van der Waals surface area contributed by atoms with Gasteiger partial charge in [0, 0.05) is 13.1 Å². The molecular weight excluding hydrogens is 373 g/mol. The summed E-state index contributed by atoms with van der Waals surface area (Å²) in [6.45, 7) is 1.66. The number of nitrogens with one attached hydrogen (secondary N) is 2. The van der Waals surface area contributed by atoms with E-state index in [1.54, 1.807) is 0 Å². The van der Waals surface area contributed by atoms with E-state index in [1.807, 2.05) is 6.07 Å². The maximum absolute atomic E-state index is 4.51. The second-order valence-electron chi connectivity index (χ2n) is 4.97. The molecule has 0 saturated carbocycles. The molecule has 3 nitrogen and oxygen atoms in total. The number of nitrogens with zero attached hydrogens (tertiary/aromatic N) is 1. The number of hydrogen-bond acceptors (Lipinski definition) is 3. The van der Waals surface area contributed by atoms with Crippen LogP contribution in [0, 0.1) is 0 Å². The van der Waals surface area contributed by atoms with Gasteiger partial charge < -0.3 is 10.6 Å². The molecule has 1 aliphatic heterocycles. The second-order valence-corrected chi connectivity index (χ2v) is 4.97. The molecule has 0 aliphatic carbocycles. The zero-order valence-electron chi connectivity index (χ0n) is 11.8. The van der Waals surface area contributed by atoms with E-state index in [9.17, 15) is 0 Å². The third-order valence-electron chi connectivity index (χ3n) is 3.50. The van der Waals surface area contributed by atoms with Gasteiger partial charge in [0.25, 0.3) is 0 Å². The Kier molecular flexibility index (Phi) is 6.04. The molecule has 1 atom stereocenters. The molecule has 1 heterocycles. The van der Waals surface area contributed by atoms with Gasteiger partial charge in [0.05, 0.1) is 6.04 Å². The summed E-state index contributed by atoms with van der Waals surface area (Å²) in [5, 5.41) is 6.86. The van der Waals surface area contributed by atoms with E-state index in [-0.39, 0.29) is 24.0 Å². The maximum atomic E-state index is 4.51. The monoisotopic (exact) mass is 393 g/mol. The highest BCUT2D eigenvalue weighted by Gasteiger charge is 2.16. The van der Waals surface area contributed by atoms with Crippen molar-refractivity contribution in [3.8, 4) is 0 Å². The minimum absolute atomic E-state index is 0. The van der Waals surface area contributed by atoms with Gasteiger partial charge >= 0.3 is 0 Å². The van der Waals surface area contributed by atoms with Crippen LogP contribution in [0.15, 0.2) is 65.7 Å². The molecule has 3 rings (SSSR count). The molecular formula is C17H20IN3. The third kappa shape index (κ3) is 4.46. The van der Waals surface area contributed by atoms with E-state index in [0.29, 0.717) is 6.04 Å². The van der Waals surface area contributed by atoms with Crippen LogP contribution in [0.1, 0.15) is 23.6 Å². The maximum Gasteiger partial charge on any atom is 0.192 e. The van der Waals surface area contributed by atoms with Crippen molar-refractivity contribution in [1.82, 2.24) is 10.6 Å². The van der Waals surface area contributed by atoms with Crippen LogP contribution in [0.2, 0.25) is 0 Å². The molecule has 0 radical (unpaired) electrons. The Morgan fingerprint density at radius 2 is 1.67 bits per heavy atom. The first-order valence-electron chi connectivity index (χ1n) is 7.05. The van der Waals surface area contributed by atoms with Gasteiger partial charge in [-0.25, -0.2) is 0 Å². The number of rotatable bonds is 3. The fraction of sp³-hybridized carbons (Fsp3) is 0.235. The Labute approximate surface area is 142 Å². The van der Waals surface area contributed by atoms with Gasteiger partial charge in [0.2, 0.25) is 0 Å². The van der Waals surface area contributed by atoms with Crippen LogP contribution < -0.4 is 10.6 Å². The molecule has 2 N–H and O–H groups in total. The van der Waals surface area contributed by atoms with E-state index in [0.717, 1.165) is 25.5 Å². The number of halogens is 1. The highest BCUT2D eigenvalue weighted by molar-refractivity contribution is 14.0. The van der Waals surface area contributed by atoms with Gasteiger partial charge in [-0.2, -0.15) is 0 Å². The van der Waals surface area contributed by atoms with E-state index >= 15 is 0 Å². The molecule has 0 bridgehead atoms. The van der Waals surface area contributed by atoms with Crippen molar-refractivity contribution in [3.63, 3.8) is 0 Å². The normalized spacial score (nSPS) is 17.1. The van der Waals surface area contributed by atoms with Crippen LogP contribution in [-0.2, 0) is 6.54 Å². The largest absolute Gasteiger partial charge is 0.352 e. The number of hydrogen-bond donors (Lipinski definition) is 2. The van der Waals surface area contributed by atoms with Crippen molar-refractivity contribution in [3.05, 3.63) is 71.8 Å². The van der Waals surface area contributed by atoms with Crippen LogP contribution in [0.5, 0.6) is 0 Å². The van der Waals surface area contributed by atoms with E-state index in [4.69, 9.17) is 0 Å². The Hall–Kier alpha value is -1.56. The predicted octanol–water partition coefficient (Wildman–Crippen LogP) is 3.48. The molecule has 21 heavy (non-hydrogen) atoms. The van der Waals surface area contributed by atoms with Crippen molar-refractivity contribution in [1.29, 1.82) is 0 Å². The van der Waals surface area contributed by atoms with Crippen molar-refractivity contribution >= 4 is 29.9 Å². The Morgan fingerprint density at radius 3 is 2.38 bits per heavy atom.